The predicted octanol–water partition coefficient (Wildman–Crippen LogP) is 0.360. The Bertz CT molecular complexity index is 149. The number of nitrogens with zero attached hydrogens (tertiary/aromatic N) is 2. The summed E-state index contributed by atoms with van der Waals surface area (Å²) in [4.78, 5) is 4.78. The molecule has 0 spiro atoms. The number of hydrogen-bond acceptors (Lipinski definition) is 3. The molecule has 0 aliphatic carbocycles. The van der Waals surface area contributed by atoms with Gasteiger partial charge in [-0.15, -0.1) is 0 Å². The normalized spacial score (nSPS) is 29.1. The molecule has 3 heteroatoms. The largest absolute Gasteiger partial charge is 0.326 e. The number of likely N-dealkylation sites (N-methyl/N-ethyl adjacent to an activating group) is 2. The van der Waals surface area contributed by atoms with E-state index in [0.29, 0.717) is 12.1 Å². The first-order chi connectivity index (χ1) is 6.15. The Kier molecular flexibility index (Phi) is 4.16. The van der Waals surface area contributed by atoms with E-state index in [4.69, 9.17) is 5.73 Å². The van der Waals surface area contributed by atoms with Crippen molar-refractivity contribution in [1.82, 2.24) is 9.80 Å². The van der Waals surface area contributed by atoms with E-state index in [1.807, 2.05) is 0 Å². The molecule has 0 radical (unpaired) electrons. The zero-order chi connectivity index (χ0) is 9.84. The van der Waals surface area contributed by atoms with Gasteiger partial charge in [0.25, 0.3) is 0 Å². The van der Waals surface area contributed by atoms with Crippen LogP contribution in [0.25, 0.3) is 0 Å². The van der Waals surface area contributed by atoms with Crippen molar-refractivity contribution < 1.29 is 0 Å². The van der Waals surface area contributed by atoms with Crippen molar-refractivity contribution in [3.05, 3.63) is 0 Å². The van der Waals surface area contributed by atoms with Crippen LogP contribution in [0, 0.1) is 0 Å². The minimum atomic E-state index is 0.345. The highest BCUT2D eigenvalue weighted by Gasteiger charge is 2.26. The SMILES string of the molecule is CCC[C@@H](N)C1CN(C)CCN1C. The van der Waals surface area contributed by atoms with E-state index in [1.165, 1.54) is 13.0 Å². The van der Waals surface area contributed by atoms with Crippen molar-refractivity contribution in [3.8, 4) is 0 Å². The second kappa shape index (κ2) is 4.94. The van der Waals surface area contributed by atoms with E-state index in [-0.39, 0.29) is 0 Å². The van der Waals surface area contributed by atoms with Crippen LogP contribution >= 0.6 is 0 Å². The number of piperazine rings is 1. The molecule has 1 rings (SSSR count). The van der Waals surface area contributed by atoms with Gasteiger partial charge in [0.05, 0.1) is 0 Å². The highest BCUT2D eigenvalue weighted by molar-refractivity contribution is 4.86. The molecule has 0 saturated carbocycles. The summed E-state index contributed by atoms with van der Waals surface area (Å²) in [6.07, 6.45) is 2.33. The smallest absolute Gasteiger partial charge is 0.0371 e. The molecule has 78 valence electrons. The maximum Gasteiger partial charge on any atom is 0.0371 e. The molecule has 1 unspecified atom stereocenters. The first-order valence-electron chi connectivity index (χ1n) is 5.29. The van der Waals surface area contributed by atoms with Crippen molar-refractivity contribution in [2.75, 3.05) is 33.7 Å². The van der Waals surface area contributed by atoms with Crippen molar-refractivity contribution in [1.29, 1.82) is 0 Å². The number of rotatable bonds is 3. The summed E-state index contributed by atoms with van der Waals surface area (Å²) in [7, 11) is 4.37. The molecule has 0 aromatic carbocycles. The standard InChI is InChI=1S/C10H23N3/c1-4-5-9(11)10-8-12(2)6-7-13(10)3/h9-10H,4-8,11H2,1-3H3/t9-,10?/m1/s1. The van der Waals surface area contributed by atoms with Crippen LogP contribution in [-0.4, -0.2) is 55.6 Å². The fraction of sp³-hybridized carbons (Fsp3) is 1.00. The predicted molar refractivity (Wildman–Crippen MR) is 56.8 cm³/mol. The first kappa shape index (κ1) is 11.0. The van der Waals surface area contributed by atoms with Gasteiger partial charge in [-0.1, -0.05) is 13.3 Å². The number of nitrogens with two attached hydrogens (primary N) is 1. The highest BCUT2D eigenvalue weighted by atomic mass is 15.3. The van der Waals surface area contributed by atoms with Gasteiger partial charge in [-0.3, -0.25) is 4.90 Å². The lowest BCUT2D eigenvalue weighted by Crippen LogP contribution is -2.57. The quantitative estimate of drug-likeness (QED) is 0.689. The molecule has 3 nitrogen and oxygen atoms in total. The average Bonchev–Trinajstić information content (AvgIpc) is 2.09. The van der Waals surface area contributed by atoms with Crippen molar-refractivity contribution in [2.45, 2.75) is 31.8 Å². The Hall–Kier alpha value is -0.120. The van der Waals surface area contributed by atoms with Gasteiger partial charge in [0.2, 0.25) is 0 Å². The van der Waals surface area contributed by atoms with Crippen LogP contribution in [0.2, 0.25) is 0 Å². The van der Waals surface area contributed by atoms with Crippen molar-refractivity contribution in [3.63, 3.8) is 0 Å². The van der Waals surface area contributed by atoms with Gasteiger partial charge in [0.15, 0.2) is 0 Å². The molecular formula is C10H23N3. The van der Waals surface area contributed by atoms with Crippen LogP contribution in [0.15, 0.2) is 0 Å². The summed E-state index contributed by atoms with van der Waals surface area (Å²) in [6, 6.07) is 0.899. The third-order valence-electron chi connectivity index (χ3n) is 3.02. The van der Waals surface area contributed by atoms with E-state index in [9.17, 15) is 0 Å². The fourth-order valence-electron chi connectivity index (χ4n) is 2.03. The molecule has 0 bridgehead atoms. The minimum Gasteiger partial charge on any atom is -0.326 e. The van der Waals surface area contributed by atoms with Crippen molar-refractivity contribution in [2.24, 2.45) is 5.73 Å². The van der Waals surface area contributed by atoms with Crippen LogP contribution in [0.3, 0.4) is 0 Å². The zero-order valence-electron chi connectivity index (χ0n) is 9.16. The lowest BCUT2D eigenvalue weighted by molar-refractivity contribution is 0.0951. The molecule has 0 aromatic rings. The van der Waals surface area contributed by atoms with E-state index in [0.717, 1.165) is 19.5 Å². The Balaban J connectivity index is 2.44. The molecule has 0 amide bonds. The minimum absolute atomic E-state index is 0.345. The summed E-state index contributed by atoms with van der Waals surface area (Å²) in [6.45, 7) is 5.65. The van der Waals surface area contributed by atoms with Crippen LogP contribution in [0.5, 0.6) is 0 Å². The molecule has 1 heterocycles. The highest BCUT2D eigenvalue weighted by Crippen LogP contribution is 2.11. The summed E-state index contributed by atoms with van der Waals surface area (Å²) < 4.78 is 0. The van der Waals surface area contributed by atoms with E-state index < -0.39 is 0 Å². The molecule has 1 aliphatic rings. The van der Waals surface area contributed by atoms with Gasteiger partial charge in [-0.2, -0.15) is 0 Å². The van der Waals surface area contributed by atoms with Gasteiger partial charge in [0.1, 0.15) is 0 Å². The van der Waals surface area contributed by atoms with Crippen LogP contribution in [-0.2, 0) is 0 Å². The van der Waals surface area contributed by atoms with E-state index in [2.05, 4.69) is 30.8 Å². The molecule has 0 aromatic heterocycles. The Labute approximate surface area is 81.9 Å². The van der Waals surface area contributed by atoms with Gasteiger partial charge in [-0.05, 0) is 20.5 Å². The first-order valence-corrected chi connectivity index (χ1v) is 5.29. The maximum atomic E-state index is 6.14. The van der Waals surface area contributed by atoms with Crippen LogP contribution < -0.4 is 5.73 Å². The lowest BCUT2D eigenvalue weighted by atomic mass is 10.0. The second-order valence-electron chi connectivity index (χ2n) is 4.26. The summed E-state index contributed by atoms with van der Waals surface area (Å²) in [5, 5.41) is 0. The van der Waals surface area contributed by atoms with Gasteiger partial charge < -0.3 is 10.6 Å². The third-order valence-corrected chi connectivity index (χ3v) is 3.02. The molecule has 1 aliphatic heterocycles. The Morgan fingerprint density at radius 2 is 2.08 bits per heavy atom. The number of hydrogen-bond donors (Lipinski definition) is 1. The monoisotopic (exact) mass is 185 g/mol. The molecular weight excluding hydrogens is 162 g/mol. The van der Waals surface area contributed by atoms with E-state index in [1.54, 1.807) is 0 Å². The molecule has 2 N–H and O–H groups in total. The summed E-state index contributed by atoms with van der Waals surface area (Å²) in [5.74, 6) is 0. The second-order valence-corrected chi connectivity index (χ2v) is 4.26. The van der Waals surface area contributed by atoms with Crippen LogP contribution in [0.1, 0.15) is 19.8 Å². The topological polar surface area (TPSA) is 32.5 Å². The average molecular weight is 185 g/mol. The van der Waals surface area contributed by atoms with Crippen molar-refractivity contribution >= 4 is 0 Å². The summed E-state index contributed by atoms with van der Waals surface area (Å²) >= 11 is 0. The van der Waals surface area contributed by atoms with Gasteiger partial charge >= 0.3 is 0 Å². The van der Waals surface area contributed by atoms with Crippen LogP contribution in [0.4, 0.5) is 0 Å². The molecule has 1 saturated heterocycles. The van der Waals surface area contributed by atoms with Gasteiger partial charge in [0, 0.05) is 31.7 Å². The van der Waals surface area contributed by atoms with Gasteiger partial charge in [-0.25, -0.2) is 0 Å². The summed E-state index contributed by atoms with van der Waals surface area (Å²) in [5.41, 5.74) is 6.14. The van der Waals surface area contributed by atoms with E-state index >= 15 is 0 Å². The molecule has 2 atom stereocenters. The lowest BCUT2D eigenvalue weighted by Gasteiger charge is -2.40. The zero-order valence-corrected chi connectivity index (χ0v) is 9.16. The fourth-order valence-corrected chi connectivity index (χ4v) is 2.03. The Morgan fingerprint density at radius 1 is 1.38 bits per heavy atom. The molecule has 13 heavy (non-hydrogen) atoms. The Morgan fingerprint density at radius 3 is 2.69 bits per heavy atom. The molecule has 1 fully saturated rings. The third kappa shape index (κ3) is 2.93. The maximum absolute atomic E-state index is 6.14.